The van der Waals surface area contributed by atoms with Crippen LogP contribution in [0.5, 0.6) is 5.75 Å². The van der Waals surface area contributed by atoms with Gasteiger partial charge in [0.15, 0.2) is 5.16 Å². The third-order valence-electron chi connectivity index (χ3n) is 3.75. The first-order valence-corrected chi connectivity index (χ1v) is 8.31. The van der Waals surface area contributed by atoms with Crippen LogP contribution in [0.2, 0.25) is 0 Å². The van der Waals surface area contributed by atoms with Gasteiger partial charge in [0.05, 0.1) is 23.8 Å². The molecule has 0 radical (unpaired) electrons. The Labute approximate surface area is 137 Å². The van der Waals surface area contributed by atoms with Crippen LogP contribution >= 0.6 is 11.8 Å². The molecule has 0 bridgehead atoms. The standard InChI is InChI=1S/C17H16N4OS/c1-11-4-3-7-21-9-12(18-16(11)21)10-23-17-19-14-6-5-13(22-2)8-15(14)20-17/h3-9H,10H2,1-2H3,(H,19,20). The van der Waals surface area contributed by atoms with Gasteiger partial charge in [-0.2, -0.15) is 0 Å². The normalized spacial score (nSPS) is 11.4. The summed E-state index contributed by atoms with van der Waals surface area (Å²) in [6.07, 6.45) is 4.10. The molecule has 0 aliphatic carbocycles. The Morgan fingerprint density at radius 1 is 1.26 bits per heavy atom. The number of nitrogens with one attached hydrogen (secondary N) is 1. The molecule has 23 heavy (non-hydrogen) atoms. The second-order valence-electron chi connectivity index (χ2n) is 5.37. The van der Waals surface area contributed by atoms with Gasteiger partial charge in [-0.3, -0.25) is 0 Å². The van der Waals surface area contributed by atoms with E-state index in [0.29, 0.717) is 0 Å². The van der Waals surface area contributed by atoms with Crippen LogP contribution in [0.15, 0.2) is 47.9 Å². The summed E-state index contributed by atoms with van der Waals surface area (Å²) < 4.78 is 7.30. The number of hydrogen-bond donors (Lipinski definition) is 1. The van der Waals surface area contributed by atoms with Gasteiger partial charge >= 0.3 is 0 Å². The highest BCUT2D eigenvalue weighted by Gasteiger charge is 2.08. The molecule has 0 spiro atoms. The van der Waals surface area contributed by atoms with Crippen molar-refractivity contribution >= 4 is 28.4 Å². The molecule has 0 aliphatic rings. The number of methoxy groups -OCH3 is 1. The molecule has 116 valence electrons. The van der Waals surface area contributed by atoms with E-state index in [4.69, 9.17) is 4.74 Å². The van der Waals surface area contributed by atoms with Gasteiger partial charge in [0.2, 0.25) is 0 Å². The summed E-state index contributed by atoms with van der Waals surface area (Å²) in [5, 5.41) is 0.891. The number of H-pyrrole nitrogens is 1. The van der Waals surface area contributed by atoms with Crippen molar-refractivity contribution in [3.63, 3.8) is 0 Å². The smallest absolute Gasteiger partial charge is 0.166 e. The Morgan fingerprint density at radius 3 is 3.00 bits per heavy atom. The topological polar surface area (TPSA) is 55.2 Å². The van der Waals surface area contributed by atoms with Gasteiger partial charge in [-0.15, -0.1) is 0 Å². The first-order valence-electron chi connectivity index (χ1n) is 7.33. The van der Waals surface area contributed by atoms with Gasteiger partial charge in [0.25, 0.3) is 0 Å². The summed E-state index contributed by atoms with van der Waals surface area (Å²) in [6, 6.07) is 9.95. The minimum atomic E-state index is 0.776. The largest absolute Gasteiger partial charge is 0.497 e. The number of aryl methyl sites for hydroxylation is 1. The molecule has 0 fully saturated rings. The number of hydrogen-bond acceptors (Lipinski definition) is 4. The van der Waals surface area contributed by atoms with Gasteiger partial charge in [0.1, 0.15) is 11.4 Å². The molecule has 3 heterocycles. The molecule has 1 N–H and O–H groups in total. The molecule has 0 saturated heterocycles. The first kappa shape index (κ1) is 14.1. The molecular formula is C17H16N4OS. The van der Waals surface area contributed by atoms with Crippen LogP contribution in [0.25, 0.3) is 16.7 Å². The average Bonchev–Trinajstić information content (AvgIpc) is 3.16. The van der Waals surface area contributed by atoms with Crippen LogP contribution in [-0.2, 0) is 5.75 Å². The minimum absolute atomic E-state index is 0.776. The van der Waals surface area contributed by atoms with Gasteiger partial charge in [-0.1, -0.05) is 17.8 Å². The van der Waals surface area contributed by atoms with Gasteiger partial charge in [0, 0.05) is 24.2 Å². The number of thioether (sulfide) groups is 1. The van der Waals surface area contributed by atoms with Crippen molar-refractivity contribution in [1.29, 1.82) is 0 Å². The van der Waals surface area contributed by atoms with E-state index >= 15 is 0 Å². The number of aromatic nitrogens is 4. The van der Waals surface area contributed by atoms with Crippen LogP contribution in [0, 0.1) is 6.92 Å². The molecule has 5 nitrogen and oxygen atoms in total. The summed E-state index contributed by atoms with van der Waals surface area (Å²) in [4.78, 5) is 12.6. The molecule has 0 atom stereocenters. The lowest BCUT2D eigenvalue weighted by Gasteiger charge is -1.96. The fraction of sp³-hybridized carbons (Fsp3) is 0.176. The van der Waals surface area contributed by atoms with Crippen LogP contribution in [0.1, 0.15) is 11.3 Å². The lowest BCUT2D eigenvalue weighted by Crippen LogP contribution is -1.84. The van der Waals surface area contributed by atoms with Crippen molar-refractivity contribution in [1.82, 2.24) is 19.4 Å². The molecule has 1 aromatic carbocycles. The maximum atomic E-state index is 5.24. The molecular weight excluding hydrogens is 308 g/mol. The van der Waals surface area contributed by atoms with E-state index in [-0.39, 0.29) is 0 Å². The SMILES string of the molecule is COc1ccc2nc(SCc3cn4cccc(C)c4n3)[nH]c2c1. The van der Waals surface area contributed by atoms with Crippen LogP contribution in [0.4, 0.5) is 0 Å². The number of pyridine rings is 1. The van der Waals surface area contributed by atoms with E-state index in [9.17, 15) is 0 Å². The van der Waals surface area contributed by atoms with Crippen molar-refractivity contribution in [2.45, 2.75) is 17.8 Å². The Kier molecular flexibility index (Phi) is 3.46. The number of fused-ring (bicyclic) bond motifs is 2. The van der Waals surface area contributed by atoms with Crippen molar-refractivity contribution in [3.05, 3.63) is 54.0 Å². The maximum Gasteiger partial charge on any atom is 0.166 e. The van der Waals surface area contributed by atoms with E-state index < -0.39 is 0 Å². The average molecular weight is 324 g/mol. The lowest BCUT2D eigenvalue weighted by molar-refractivity contribution is 0.415. The summed E-state index contributed by atoms with van der Waals surface area (Å²) >= 11 is 1.65. The third kappa shape index (κ3) is 2.66. The van der Waals surface area contributed by atoms with E-state index in [2.05, 4.69) is 38.5 Å². The zero-order chi connectivity index (χ0) is 15.8. The molecule has 0 amide bonds. The highest BCUT2D eigenvalue weighted by molar-refractivity contribution is 7.98. The second kappa shape index (κ2) is 5.62. The highest BCUT2D eigenvalue weighted by atomic mass is 32.2. The monoisotopic (exact) mass is 324 g/mol. The second-order valence-corrected chi connectivity index (χ2v) is 6.33. The van der Waals surface area contributed by atoms with E-state index in [0.717, 1.165) is 39.0 Å². The van der Waals surface area contributed by atoms with Crippen molar-refractivity contribution in [2.75, 3.05) is 7.11 Å². The molecule has 3 aromatic heterocycles. The Hall–Kier alpha value is -2.47. The Bertz CT molecular complexity index is 989. The number of rotatable bonds is 4. The number of aromatic amines is 1. The van der Waals surface area contributed by atoms with E-state index in [1.165, 1.54) is 5.56 Å². The third-order valence-corrected chi connectivity index (χ3v) is 4.66. The van der Waals surface area contributed by atoms with E-state index in [1.54, 1.807) is 18.9 Å². The van der Waals surface area contributed by atoms with Gasteiger partial charge in [-0.05, 0) is 30.7 Å². The maximum absolute atomic E-state index is 5.24. The van der Waals surface area contributed by atoms with Crippen molar-refractivity contribution < 1.29 is 4.74 Å². The molecule has 0 saturated carbocycles. The van der Waals surface area contributed by atoms with Crippen molar-refractivity contribution in [2.24, 2.45) is 0 Å². The van der Waals surface area contributed by atoms with Gasteiger partial charge in [-0.25, -0.2) is 9.97 Å². The first-order chi connectivity index (χ1) is 11.2. The number of nitrogens with zero attached hydrogens (tertiary/aromatic N) is 3. The fourth-order valence-electron chi connectivity index (χ4n) is 2.58. The highest BCUT2D eigenvalue weighted by Crippen LogP contribution is 2.25. The summed E-state index contributed by atoms with van der Waals surface area (Å²) in [5.41, 5.74) is 5.16. The van der Waals surface area contributed by atoms with Crippen LogP contribution in [0.3, 0.4) is 0 Å². The van der Waals surface area contributed by atoms with Crippen molar-refractivity contribution in [3.8, 4) is 5.75 Å². The number of imidazole rings is 2. The van der Waals surface area contributed by atoms with Gasteiger partial charge < -0.3 is 14.1 Å². The number of ether oxygens (including phenoxy) is 1. The summed E-state index contributed by atoms with van der Waals surface area (Å²) in [7, 11) is 1.67. The number of benzene rings is 1. The van der Waals surface area contributed by atoms with E-state index in [1.807, 2.05) is 30.5 Å². The molecule has 0 aliphatic heterocycles. The summed E-state index contributed by atoms with van der Waals surface area (Å²) in [6.45, 7) is 2.08. The van der Waals surface area contributed by atoms with Crippen LogP contribution < -0.4 is 4.74 Å². The minimum Gasteiger partial charge on any atom is -0.497 e. The molecule has 4 rings (SSSR count). The predicted octanol–water partition coefficient (Wildman–Crippen LogP) is 3.82. The molecule has 4 aromatic rings. The Morgan fingerprint density at radius 2 is 2.17 bits per heavy atom. The zero-order valence-electron chi connectivity index (χ0n) is 12.9. The quantitative estimate of drug-likeness (QED) is 0.580. The molecule has 6 heteroatoms. The predicted molar refractivity (Wildman–Crippen MR) is 92.1 cm³/mol. The summed E-state index contributed by atoms with van der Waals surface area (Å²) in [5.74, 6) is 1.60. The zero-order valence-corrected chi connectivity index (χ0v) is 13.7. The van der Waals surface area contributed by atoms with Crippen LogP contribution in [-0.4, -0.2) is 26.5 Å². The Balaban J connectivity index is 1.56. The lowest BCUT2D eigenvalue weighted by atomic mass is 10.3. The fourth-order valence-corrected chi connectivity index (χ4v) is 3.35. The molecule has 0 unspecified atom stereocenters.